The number of rotatable bonds is 11. The zero-order valence-corrected chi connectivity index (χ0v) is 19.7. The van der Waals surface area contributed by atoms with Crippen LogP contribution < -0.4 is 9.62 Å². The Morgan fingerprint density at radius 3 is 2.27 bits per heavy atom. The van der Waals surface area contributed by atoms with Crippen molar-refractivity contribution in [3.05, 3.63) is 65.7 Å². The van der Waals surface area contributed by atoms with Crippen molar-refractivity contribution < 1.29 is 26.8 Å². The van der Waals surface area contributed by atoms with Gasteiger partial charge in [0.25, 0.3) is 0 Å². The number of hydrogen-bond donors (Lipinski definition) is 1. The van der Waals surface area contributed by atoms with E-state index in [1.165, 1.54) is 18.0 Å². The summed E-state index contributed by atoms with van der Waals surface area (Å²) in [6, 6.07) is 11.6. The highest BCUT2D eigenvalue weighted by Crippen LogP contribution is 2.21. The van der Waals surface area contributed by atoms with Crippen LogP contribution in [-0.4, -0.2) is 57.6 Å². The zero-order chi connectivity index (χ0) is 24.6. The molecule has 2 aromatic carbocycles. The minimum atomic E-state index is -3.79. The predicted molar refractivity (Wildman–Crippen MR) is 123 cm³/mol. The van der Waals surface area contributed by atoms with Crippen molar-refractivity contribution in [3.8, 4) is 0 Å². The zero-order valence-electron chi connectivity index (χ0n) is 18.9. The fraction of sp³-hybridized carbons (Fsp3) is 0.391. The Hall–Kier alpha value is -3.01. The molecule has 1 unspecified atom stereocenters. The van der Waals surface area contributed by atoms with Gasteiger partial charge in [0.05, 0.1) is 11.9 Å². The summed E-state index contributed by atoms with van der Waals surface area (Å²) < 4.78 is 52.2. The highest BCUT2D eigenvalue weighted by Gasteiger charge is 2.25. The summed E-state index contributed by atoms with van der Waals surface area (Å²) in [6.07, 6.45) is 1.62. The van der Waals surface area contributed by atoms with E-state index in [1.54, 1.807) is 6.92 Å². The first-order chi connectivity index (χ1) is 15.5. The maximum atomic E-state index is 13.6. The molecule has 10 heteroatoms. The molecular formula is C23H29F2N3O4S. The van der Waals surface area contributed by atoms with Crippen molar-refractivity contribution >= 4 is 27.5 Å². The largest absolute Gasteiger partial charge is 0.357 e. The fourth-order valence-corrected chi connectivity index (χ4v) is 4.38. The minimum absolute atomic E-state index is 0.0220. The van der Waals surface area contributed by atoms with Gasteiger partial charge in [-0.15, -0.1) is 0 Å². The van der Waals surface area contributed by atoms with Crippen LogP contribution in [-0.2, 0) is 26.0 Å². The van der Waals surface area contributed by atoms with Crippen molar-refractivity contribution in [1.29, 1.82) is 0 Å². The van der Waals surface area contributed by atoms with Crippen molar-refractivity contribution in [2.24, 2.45) is 0 Å². The molecule has 7 nitrogen and oxygen atoms in total. The third kappa shape index (κ3) is 7.52. The van der Waals surface area contributed by atoms with Crippen LogP contribution in [0, 0.1) is 11.6 Å². The number of anilines is 1. The molecule has 0 aliphatic heterocycles. The van der Waals surface area contributed by atoms with Gasteiger partial charge in [-0.3, -0.25) is 13.9 Å². The topological polar surface area (TPSA) is 86.8 Å². The predicted octanol–water partition coefficient (Wildman–Crippen LogP) is 2.72. The molecule has 0 aliphatic carbocycles. The second-order valence-corrected chi connectivity index (χ2v) is 9.56. The fourth-order valence-electron chi connectivity index (χ4n) is 3.42. The molecule has 0 aromatic heterocycles. The van der Waals surface area contributed by atoms with Crippen molar-refractivity contribution in [2.45, 2.75) is 32.2 Å². The minimum Gasteiger partial charge on any atom is -0.357 e. The van der Waals surface area contributed by atoms with E-state index in [9.17, 15) is 26.8 Å². The van der Waals surface area contributed by atoms with E-state index in [-0.39, 0.29) is 36.9 Å². The molecule has 0 radical (unpaired) electrons. The monoisotopic (exact) mass is 481 g/mol. The molecule has 0 spiro atoms. The molecule has 33 heavy (non-hydrogen) atoms. The standard InChI is InChI=1S/C23H29F2N3O4S/c1-17(23(30)26-2)27(15-13-18-8-5-4-6-9-18)22(29)10-7-14-28(33(3,31)32)19-11-12-20(24)21(25)16-19/h4-6,8-9,11-12,16-17H,7,10,13-15H2,1-3H3,(H,26,30). The van der Waals surface area contributed by atoms with Crippen LogP contribution in [0.3, 0.4) is 0 Å². The van der Waals surface area contributed by atoms with Gasteiger partial charge >= 0.3 is 0 Å². The Morgan fingerprint density at radius 1 is 1.03 bits per heavy atom. The lowest BCUT2D eigenvalue weighted by Gasteiger charge is -2.29. The van der Waals surface area contributed by atoms with Gasteiger partial charge in [-0.05, 0) is 37.5 Å². The first-order valence-electron chi connectivity index (χ1n) is 10.5. The third-order valence-corrected chi connectivity index (χ3v) is 6.44. The number of hydrogen-bond acceptors (Lipinski definition) is 4. The van der Waals surface area contributed by atoms with E-state index in [1.807, 2.05) is 30.3 Å². The molecule has 0 saturated heterocycles. The van der Waals surface area contributed by atoms with Crippen molar-refractivity contribution in [1.82, 2.24) is 10.2 Å². The third-order valence-electron chi connectivity index (χ3n) is 5.24. The summed E-state index contributed by atoms with van der Waals surface area (Å²) in [6.45, 7) is 1.85. The Labute approximate surface area is 193 Å². The molecule has 0 heterocycles. The van der Waals surface area contributed by atoms with Crippen LogP contribution in [0.4, 0.5) is 14.5 Å². The van der Waals surface area contributed by atoms with Crippen LogP contribution in [0.1, 0.15) is 25.3 Å². The summed E-state index contributed by atoms with van der Waals surface area (Å²) in [5, 5.41) is 2.54. The molecule has 0 bridgehead atoms. The Morgan fingerprint density at radius 2 is 1.70 bits per heavy atom. The Kier molecular flexibility index (Phi) is 9.33. The Balaban J connectivity index is 2.09. The van der Waals surface area contributed by atoms with Gasteiger partial charge in [-0.25, -0.2) is 17.2 Å². The van der Waals surface area contributed by atoms with E-state index in [4.69, 9.17) is 0 Å². The van der Waals surface area contributed by atoms with E-state index < -0.39 is 27.7 Å². The van der Waals surface area contributed by atoms with Gasteiger partial charge in [0.15, 0.2) is 11.6 Å². The maximum Gasteiger partial charge on any atom is 0.242 e. The normalized spacial score (nSPS) is 12.2. The van der Waals surface area contributed by atoms with Gasteiger partial charge in [0.2, 0.25) is 21.8 Å². The number of amides is 2. The number of sulfonamides is 1. The summed E-state index contributed by atoms with van der Waals surface area (Å²) in [7, 11) is -2.30. The van der Waals surface area contributed by atoms with E-state index in [0.717, 1.165) is 28.3 Å². The number of nitrogens with one attached hydrogen (secondary N) is 1. The smallest absolute Gasteiger partial charge is 0.242 e. The lowest BCUT2D eigenvalue weighted by molar-refractivity contribution is -0.139. The van der Waals surface area contributed by atoms with E-state index in [2.05, 4.69) is 5.32 Å². The quantitative estimate of drug-likeness (QED) is 0.535. The van der Waals surface area contributed by atoms with Crippen LogP contribution in [0.5, 0.6) is 0 Å². The summed E-state index contributed by atoms with van der Waals surface area (Å²) in [4.78, 5) is 26.6. The highest BCUT2D eigenvalue weighted by atomic mass is 32.2. The first kappa shape index (κ1) is 26.2. The van der Waals surface area contributed by atoms with Crippen molar-refractivity contribution in [3.63, 3.8) is 0 Å². The summed E-state index contributed by atoms with van der Waals surface area (Å²) in [5.41, 5.74) is 0.990. The van der Waals surface area contributed by atoms with Gasteiger partial charge < -0.3 is 10.2 Å². The lowest BCUT2D eigenvalue weighted by atomic mass is 10.1. The summed E-state index contributed by atoms with van der Waals surface area (Å²) in [5.74, 6) is -2.86. The SMILES string of the molecule is CNC(=O)C(C)N(CCc1ccccc1)C(=O)CCCN(c1ccc(F)c(F)c1)S(C)(=O)=O. The van der Waals surface area contributed by atoms with Gasteiger partial charge in [0.1, 0.15) is 6.04 Å². The number of likely N-dealkylation sites (N-methyl/N-ethyl adjacent to an activating group) is 1. The highest BCUT2D eigenvalue weighted by molar-refractivity contribution is 7.92. The van der Waals surface area contributed by atoms with Crippen molar-refractivity contribution in [2.75, 3.05) is 30.7 Å². The van der Waals surface area contributed by atoms with E-state index in [0.29, 0.717) is 13.0 Å². The average molecular weight is 482 g/mol. The number of nitrogens with zero attached hydrogens (tertiary/aromatic N) is 2. The number of halogens is 2. The van der Waals surface area contributed by atoms with E-state index >= 15 is 0 Å². The second-order valence-electron chi connectivity index (χ2n) is 7.65. The maximum absolute atomic E-state index is 13.6. The molecule has 180 valence electrons. The Bertz CT molecular complexity index is 1060. The number of carbonyl (C=O) groups is 2. The van der Waals surface area contributed by atoms with Crippen LogP contribution in [0.15, 0.2) is 48.5 Å². The van der Waals surface area contributed by atoms with Crippen LogP contribution in [0.2, 0.25) is 0 Å². The van der Waals surface area contributed by atoms with Crippen LogP contribution in [0.25, 0.3) is 0 Å². The molecule has 1 N–H and O–H groups in total. The van der Waals surface area contributed by atoms with Gasteiger partial charge in [0, 0.05) is 32.6 Å². The molecule has 0 saturated carbocycles. The lowest BCUT2D eigenvalue weighted by Crippen LogP contribution is -2.48. The summed E-state index contributed by atoms with van der Waals surface area (Å²) >= 11 is 0. The molecular weight excluding hydrogens is 452 g/mol. The van der Waals surface area contributed by atoms with Gasteiger partial charge in [-0.1, -0.05) is 30.3 Å². The molecule has 2 amide bonds. The average Bonchev–Trinajstić information content (AvgIpc) is 2.78. The molecule has 2 rings (SSSR count). The second kappa shape index (κ2) is 11.7. The molecule has 0 fully saturated rings. The molecule has 1 atom stereocenters. The van der Waals surface area contributed by atoms with Crippen LogP contribution >= 0.6 is 0 Å². The molecule has 2 aromatic rings. The molecule has 0 aliphatic rings. The number of benzene rings is 2. The van der Waals surface area contributed by atoms with Gasteiger partial charge in [-0.2, -0.15) is 0 Å². The number of carbonyl (C=O) groups excluding carboxylic acids is 2. The first-order valence-corrected chi connectivity index (χ1v) is 12.4.